The first kappa shape index (κ1) is 14.6. The molecule has 1 aromatic heterocycles. The van der Waals surface area contributed by atoms with Crippen LogP contribution in [0.1, 0.15) is 15.2 Å². The van der Waals surface area contributed by atoms with Crippen molar-refractivity contribution in [2.24, 2.45) is 0 Å². The number of hydrogen-bond acceptors (Lipinski definition) is 4. The Kier molecular flexibility index (Phi) is 4.17. The van der Waals surface area contributed by atoms with Crippen LogP contribution in [0.5, 0.6) is 0 Å². The molecule has 2 aromatic rings. The van der Waals surface area contributed by atoms with Crippen LogP contribution in [0.15, 0.2) is 40.6 Å². The number of carboxylic acids is 1. The van der Waals surface area contributed by atoms with Gasteiger partial charge in [0.15, 0.2) is 0 Å². The van der Waals surface area contributed by atoms with E-state index in [1.54, 1.807) is 0 Å². The zero-order valence-corrected chi connectivity index (χ0v) is 11.7. The summed E-state index contributed by atoms with van der Waals surface area (Å²) in [6.07, 6.45) is 0. The number of aromatic carboxylic acids is 1. The van der Waals surface area contributed by atoms with E-state index < -0.39 is 21.8 Å². The van der Waals surface area contributed by atoms with Crippen LogP contribution in [0.4, 0.5) is 4.39 Å². The summed E-state index contributed by atoms with van der Waals surface area (Å²) in [5, 5.41) is 10.0. The highest BCUT2D eigenvalue weighted by Crippen LogP contribution is 2.19. The van der Waals surface area contributed by atoms with Gasteiger partial charge in [0, 0.05) is 11.9 Å². The van der Waals surface area contributed by atoms with E-state index in [2.05, 4.69) is 4.72 Å². The summed E-state index contributed by atoms with van der Waals surface area (Å²) in [6, 6.07) is 6.50. The number of benzene rings is 1. The molecule has 1 aromatic carbocycles. The highest BCUT2D eigenvalue weighted by Gasteiger charge is 2.18. The van der Waals surface area contributed by atoms with E-state index in [4.69, 9.17) is 5.11 Å². The Hall–Kier alpha value is -1.77. The van der Waals surface area contributed by atoms with Crippen LogP contribution < -0.4 is 4.72 Å². The predicted molar refractivity (Wildman–Crippen MR) is 71.7 cm³/mol. The quantitative estimate of drug-likeness (QED) is 0.884. The molecule has 0 unspecified atom stereocenters. The van der Waals surface area contributed by atoms with Gasteiger partial charge in [0.25, 0.3) is 0 Å². The van der Waals surface area contributed by atoms with E-state index >= 15 is 0 Å². The van der Waals surface area contributed by atoms with Gasteiger partial charge in [-0.1, -0.05) is 12.1 Å². The van der Waals surface area contributed by atoms with E-state index in [1.807, 2.05) is 0 Å². The highest BCUT2D eigenvalue weighted by atomic mass is 32.2. The molecule has 20 heavy (non-hydrogen) atoms. The Balaban J connectivity index is 2.10. The Morgan fingerprint density at radius 2 is 1.95 bits per heavy atom. The summed E-state index contributed by atoms with van der Waals surface area (Å²) in [5.74, 6) is -1.57. The molecule has 0 saturated carbocycles. The minimum absolute atomic E-state index is 0.000858. The molecule has 0 aliphatic heterocycles. The van der Waals surface area contributed by atoms with Crippen LogP contribution in [-0.2, 0) is 16.6 Å². The van der Waals surface area contributed by atoms with Gasteiger partial charge in [0.05, 0.1) is 4.90 Å². The van der Waals surface area contributed by atoms with Crippen LogP contribution in [-0.4, -0.2) is 19.5 Å². The maximum absolute atomic E-state index is 12.7. The molecule has 1 heterocycles. The molecule has 0 aliphatic rings. The number of thiophene rings is 1. The van der Waals surface area contributed by atoms with Gasteiger partial charge in [0.2, 0.25) is 10.0 Å². The lowest BCUT2D eigenvalue weighted by atomic mass is 10.2. The van der Waals surface area contributed by atoms with Crippen LogP contribution in [0.25, 0.3) is 0 Å². The number of rotatable bonds is 5. The summed E-state index contributed by atoms with van der Waals surface area (Å²) in [4.78, 5) is 10.6. The summed E-state index contributed by atoms with van der Waals surface area (Å²) >= 11 is 0.840. The van der Waals surface area contributed by atoms with E-state index in [0.717, 1.165) is 17.4 Å². The number of sulfonamides is 1. The monoisotopic (exact) mass is 315 g/mol. The van der Waals surface area contributed by atoms with Crippen molar-refractivity contribution in [3.63, 3.8) is 0 Å². The number of carbonyl (C=O) groups is 1. The summed E-state index contributed by atoms with van der Waals surface area (Å²) in [5.41, 5.74) is 0.601. The first-order chi connectivity index (χ1) is 9.38. The average Bonchev–Trinajstić information content (AvgIpc) is 2.89. The third-order valence-corrected chi connectivity index (χ3v) is 4.92. The fourth-order valence-corrected chi connectivity index (χ4v) is 3.56. The van der Waals surface area contributed by atoms with Gasteiger partial charge in [-0.25, -0.2) is 22.3 Å². The lowest BCUT2D eigenvalue weighted by Crippen LogP contribution is -2.22. The van der Waals surface area contributed by atoms with Gasteiger partial charge in [0.1, 0.15) is 10.7 Å². The largest absolute Gasteiger partial charge is 0.477 e. The summed E-state index contributed by atoms with van der Waals surface area (Å²) < 4.78 is 38.9. The van der Waals surface area contributed by atoms with Crippen LogP contribution in [0.2, 0.25) is 0 Å². The van der Waals surface area contributed by atoms with E-state index in [-0.39, 0.29) is 16.3 Å². The van der Waals surface area contributed by atoms with Crippen LogP contribution >= 0.6 is 11.3 Å². The standard InChI is InChI=1S/C12H10FNO4S2/c13-9-3-1-8(2-4-9)6-14-20(17,18)10-5-11(12(15)16)19-7-10/h1-5,7,14H,6H2,(H,15,16). The number of hydrogen-bond donors (Lipinski definition) is 2. The van der Waals surface area contributed by atoms with Crippen molar-refractivity contribution in [3.05, 3.63) is 52.0 Å². The molecule has 2 N–H and O–H groups in total. The Morgan fingerprint density at radius 3 is 2.50 bits per heavy atom. The number of carboxylic acid groups (broad SMARTS) is 1. The van der Waals surface area contributed by atoms with Gasteiger partial charge in [-0.3, -0.25) is 0 Å². The van der Waals surface area contributed by atoms with E-state index in [1.165, 1.54) is 29.6 Å². The summed E-state index contributed by atoms with van der Waals surface area (Å²) in [6.45, 7) is 0.000858. The van der Waals surface area contributed by atoms with Gasteiger partial charge < -0.3 is 5.11 Å². The van der Waals surface area contributed by atoms with Crippen molar-refractivity contribution >= 4 is 27.3 Å². The third-order valence-electron chi connectivity index (χ3n) is 2.48. The predicted octanol–water partition coefficient (Wildman–Crippen LogP) is 2.06. The molecule has 0 aliphatic carbocycles. The van der Waals surface area contributed by atoms with Crippen LogP contribution in [0.3, 0.4) is 0 Å². The molecule has 106 valence electrons. The van der Waals surface area contributed by atoms with Crippen molar-refractivity contribution in [1.82, 2.24) is 4.72 Å². The molecule has 5 nitrogen and oxygen atoms in total. The molecule has 0 atom stereocenters. The Morgan fingerprint density at radius 1 is 1.30 bits per heavy atom. The zero-order chi connectivity index (χ0) is 14.8. The molecule has 8 heteroatoms. The first-order valence-electron chi connectivity index (χ1n) is 5.44. The smallest absolute Gasteiger partial charge is 0.345 e. The maximum Gasteiger partial charge on any atom is 0.345 e. The topological polar surface area (TPSA) is 83.5 Å². The van der Waals surface area contributed by atoms with Crippen molar-refractivity contribution in [3.8, 4) is 0 Å². The second-order valence-electron chi connectivity index (χ2n) is 3.90. The average molecular weight is 315 g/mol. The Labute approximate surface area is 118 Å². The van der Waals surface area contributed by atoms with Gasteiger partial charge in [-0.15, -0.1) is 11.3 Å². The maximum atomic E-state index is 12.7. The minimum Gasteiger partial charge on any atom is -0.477 e. The minimum atomic E-state index is -3.78. The van der Waals surface area contributed by atoms with Crippen molar-refractivity contribution in [2.45, 2.75) is 11.4 Å². The molecular weight excluding hydrogens is 305 g/mol. The highest BCUT2D eigenvalue weighted by molar-refractivity contribution is 7.89. The van der Waals surface area contributed by atoms with Crippen molar-refractivity contribution in [2.75, 3.05) is 0 Å². The molecule has 0 bridgehead atoms. The molecule has 0 amide bonds. The lowest BCUT2D eigenvalue weighted by Gasteiger charge is -2.05. The summed E-state index contributed by atoms with van der Waals surface area (Å²) in [7, 11) is -3.78. The molecule has 0 radical (unpaired) electrons. The fraction of sp³-hybridized carbons (Fsp3) is 0.0833. The molecule has 0 fully saturated rings. The van der Waals surface area contributed by atoms with E-state index in [0.29, 0.717) is 5.56 Å². The third kappa shape index (κ3) is 3.41. The number of nitrogens with one attached hydrogen (secondary N) is 1. The number of halogens is 1. The molecular formula is C12H10FNO4S2. The lowest BCUT2D eigenvalue weighted by molar-refractivity contribution is 0.0702. The van der Waals surface area contributed by atoms with Crippen molar-refractivity contribution in [1.29, 1.82) is 0 Å². The SMILES string of the molecule is O=C(O)c1cc(S(=O)(=O)NCc2ccc(F)cc2)cs1. The molecule has 0 spiro atoms. The van der Waals surface area contributed by atoms with E-state index in [9.17, 15) is 17.6 Å². The second kappa shape index (κ2) is 5.70. The van der Waals surface area contributed by atoms with Crippen LogP contribution in [0, 0.1) is 5.82 Å². The van der Waals surface area contributed by atoms with Gasteiger partial charge >= 0.3 is 5.97 Å². The molecule has 0 saturated heterocycles. The zero-order valence-electron chi connectivity index (χ0n) is 10.0. The molecule has 2 rings (SSSR count). The first-order valence-corrected chi connectivity index (χ1v) is 7.81. The Bertz CT molecular complexity index is 722. The normalized spacial score (nSPS) is 11.4. The fourth-order valence-electron chi connectivity index (χ4n) is 1.44. The second-order valence-corrected chi connectivity index (χ2v) is 6.58. The van der Waals surface area contributed by atoms with Crippen molar-refractivity contribution < 1.29 is 22.7 Å². The van der Waals surface area contributed by atoms with Gasteiger partial charge in [-0.2, -0.15) is 0 Å². The van der Waals surface area contributed by atoms with Gasteiger partial charge in [-0.05, 0) is 23.8 Å².